The van der Waals surface area contributed by atoms with Gasteiger partial charge >= 0.3 is 0 Å². The molecule has 3 rings (SSSR count). The van der Waals surface area contributed by atoms with Crippen LogP contribution >= 0.6 is 0 Å². The minimum absolute atomic E-state index is 0.171. The van der Waals surface area contributed by atoms with Crippen LogP contribution in [-0.4, -0.2) is 18.4 Å². The maximum atomic E-state index is 12.0. The molecule has 0 aliphatic rings. The maximum absolute atomic E-state index is 12.0. The molecule has 3 aromatic rings. The Kier molecular flexibility index (Phi) is 6.06. The fourth-order valence-corrected chi connectivity index (χ4v) is 2.42. The number of benzene rings is 2. The lowest BCUT2D eigenvalue weighted by Gasteiger charge is -2.10. The predicted octanol–water partition coefficient (Wildman–Crippen LogP) is 3.10. The van der Waals surface area contributed by atoms with Crippen LogP contribution in [0.15, 0.2) is 71.5 Å². The van der Waals surface area contributed by atoms with Crippen LogP contribution in [0.1, 0.15) is 21.5 Å². The Morgan fingerprint density at radius 2 is 1.96 bits per heavy atom. The first-order valence-corrected chi connectivity index (χ1v) is 8.46. The van der Waals surface area contributed by atoms with Gasteiger partial charge in [-0.05, 0) is 35.9 Å². The topological polar surface area (TPSA) is 104 Å². The van der Waals surface area contributed by atoms with Gasteiger partial charge in [-0.25, -0.2) is 0 Å². The van der Waals surface area contributed by atoms with Gasteiger partial charge in [0.15, 0.2) is 0 Å². The van der Waals surface area contributed by atoms with Crippen LogP contribution in [-0.2, 0) is 11.4 Å². The number of nitrogens with zero attached hydrogens (tertiary/aromatic N) is 1. The van der Waals surface area contributed by atoms with E-state index in [1.807, 2.05) is 6.07 Å². The van der Waals surface area contributed by atoms with E-state index >= 15 is 0 Å². The molecule has 0 spiro atoms. The first-order valence-electron chi connectivity index (χ1n) is 8.46. The second-order valence-corrected chi connectivity index (χ2v) is 5.87. The Bertz CT molecular complexity index is 1010. The van der Waals surface area contributed by atoms with Gasteiger partial charge in [-0.3, -0.25) is 9.59 Å². The van der Waals surface area contributed by atoms with Gasteiger partial charge in [0.2, 0.25) is 5.91 Å². The van der Waals surface area contributed by atoms with E-state index in [1.54, 1.807) is 42.5 Å². The van der Waals surface area contributed by atoms with E-state index in [2.05, 4.69) is 16.7 Å². The molecule has 2 amide bonds. The van der Waals surface area contributed by atoms with Crippen molar-refractivity contribution < 1.29 is 18.7 Å². The quantitative estimate of drug-likeness (QED) is 0.660. The Morgan fingerprint density at radius 3 is 2.75 bits per heavy atom. The number of ether oxygens (including phenoxy) is 1. The van der Waals surface area contributed by atoms with Crippen molar-refractivity contribution in [2.45, 2.75) is 6.61 Å². The molecule has 0 radical (unpaired) electrons. The van der Waals surface area contributed by atoms with E-state index in [0.29, 0.717) is 29.2 Å². The molecule has 1 aromatic heterocycles. The summed E-state index contributed by atoms with van der Waals surface area (Å²) in [7, 11) is 0. The Hall–Kier alpha value is -4.05. The van der Waals surface area contributed by atoms with Crippen molar-refractivity contribution >= 4 is 17.5 Å². The van der Waals surface area contributed by atoms with Gasteiger partial charge in [0.1, 0.15) is 18.6 Å². The molecule has 0 atom stereocenters. The van der Waals surface area contributed by atoms with Crippen LogP contribution < -0.4 is 15.4 Å². The normalized spacial score (nSPS) is 9.96. The van der Waals surface area contributed by atoms with Crippen LogP contribution in [0.3, 0.4) is 0 Å². The van der Waals surface area contributed by atoms with Crippen molar-refractivity contribution in [2.75, 3.05) is 11.9 Å². The smallest absolute Gasteiger partial charge is 0.254 e. The van der Waals surface area contributed by atoms with Crippen molar-refractivity contribution in [2.24, 2.45) is 0 Å². The van der Waals surface area contributed by atoms with Crippen LogP contribution in [0.4, 0.5) is 5.69 Å². The second kappa shape index (κ2) is 9.05. The summed E-state index contributed by atoms with van der Waals surface area (Å²) in [5.74, 6) is -0.182. The van der Waals surface area contributed by atoms with E-state index in [4.69, 9.17) is 14.4 Å². The zero-order valence-electron chi connectivity index (χ0n) is 14.8. The molecule has 0 fully saturated rings. The summed E-state index contributed by atoms with van der Waals surface area (Å²) in [5, 5.41) is 14.1. The first kappa shape index (κ1) is 18.7. The largest absolute Gasteiger partial charge is 0.489 e. The third kappa shape index (κ3) is 5.22. The summed E-state index contributed by atoms with van der Waals surface area (Å²) in [6.45, 7) is 0.129. The number of hydrogen-bond acceptors (Lipinski definition) is 5. The molecule has 2 N–H and O–H groups in total. The van der Waals surface area contributed by atoms with E-state index in [-0.39, 0.29) is 18.4 Å². The van der Waals surface area contributed by atoms with Gasteiger partial charge in [-0.2, -0.15) is 5.26 Å². The first-order chi connectivity index (χ1) is 13.6. The SMILES string of the molecule is N#Cc1cccc(COc2cccc(NC(=O)CNC(=O)c3ccoc3)c2)c1. The van der Waals surface area contributed by atoms with Gasteiger partial charge in [0.25, 0.3) is 5.91 Å². The van der Waals surface area contributed by atoms with E-state index in [1.165, 1.54) is 18.6 Å². The van der Waals surface area contributed by atoms with Crippen molar-refractivity contribution in [3.63, 3.8) is 0 Å². The van der Waals surface area contributed by atoms with Crippen LogP contribution in [0.25, 0.3) is 0 Å². The third-order valence-electron chi connectivity index (χ3n) is 3.77. The van der Waals surface area contributed by atoms with Gasteiger partial charge in [0, 0.05) is 11.8 Å². The van der Waals surface area contributed by atoms with E-state index in [9.17, 15) is 9.59 Å². The Balaban J connectivity index is 1.52. The molecular weight excluding hydrogens is 358 g/mol. The zero-order chi connectivity index (χ0) is 19.8. The number of carbonyl (C=O) groups excluding carboxylic acids is 2. The highest BCUT2D eigenvalue weighted by atomic mass is 16.5. The average Bonchev–Trinajstić information content (AvgIpc) is 3.26. The fourth-order valence-electron chi connectivity index (χ4n) is 2.42. The molecule has 0 bridgehead atoms. The van der Waals surface area contributed by atoms with Gasteiger partial charge in [-0.1, -0.05) is 18.2 Å². The zero-order valence-corrected chi connectivity index (χ0v) is 14.8. The van der Waals surface area contributed by atoms with Crippen LogP contribution in [0.2, 0.25) is 0 Å². The van der Waals surface area contributed by atoms with E-state index in [0.717, 1.165) is 5.56 Å². The van der Waals surface area contributed by atoms with Crippen LogP contribution in [0.5, 0.6) is 5.75 Å². The van der Waals surface area contributed by atoms with Gasteiger partial charge in [-0.15, -0.1) is 0 Å². The second-order valence-electron chi connectivity index (χ2n) is 5.87. The highest BCUT2D eigenvalue weighted by Crippen LogP contribution is 2.19. The number of furan rings is 1. The van der Waals surface area contributed by atoms with Crippen molar-refractivity contribution in [3.05, 3.63) is 83.8 Å². The van der Waals surface area contributed by atoms with Gasteiger partial charge in [0.05, 0.1) is 30.0 Å². The molecule has 28 heavy (non-hydrogen) atoms. The predicted molar refractivity (Wildman–Crippen MR) is 102 cm³/mol. The summed E-state index contributed by atoms with van der Waals surface area (Å²) >= 11 is 0. The lowest BCUT2D eigenvalue weighted by atomic mass is 10.1. The Morgan fingerprint density at radius 1 is 1.11 bits per heavy atom. The highest BCUT2D eigenvalue weighted by molar-refractivity contribution is 5.99. The molecule has 140 valence electrons. The molecule has 0 saturated heterocycles. The summed E-state index contributed by atoms with van der Waals surface area (Å²) in [6.07, 6.45) is 2.69. The summed E-state index contributed by atoms with van der Waals surface area (Å²) in [5.41, 5.74) is 2.34. The summed E-state index contributed by atoms with van der Waals surface area (Å²) < 4.78 is 10.5. The Labute approximate surface area is 161 Å². The lowest BCUT2D eigenvalue weighted by molar-refractivity contribution is -0.115. The minimum Gasteiger partial charge on any atom is -0.489 e. The molecule has 0 saturated carbocycles. The molecule has 2 aromatic carbocycles. The molecule has 0 aliphatic carbocycles. The molecule has 7 nitrogen and oxygen atoms in total. The highest BCUT2D eigenvalue weighted by Gasteiger charge is 2.09. The number of amides is 2. The lowest BCUT2D eigenvalue weighted by Crippen LogP contribution is -2.32. The molecule has 7 heteroatoms. The van der Waals surface area contributed by atoms with E-state index < -0.39 is 0 Å². The maximum Gasteiger partial charge on any atom is 0.254 e. The van der Waals surface area contributed by atoms with Crippen molar-refractivity contribution in [3.8, 4) is 11.8 Å². The molecule has 0 unspecified atom stereocenters. The summed E-state index contributed by atoms with van der Waals surface area (Å²) in [4.78, 5) is 23.8. The van der Waals surface area contributed by atoms with Crippen LogP contribution in [0, 0.1) is 11.3 Å². The monoisotopic (exact) mass is 375 g/mol. The average molecular weight is 375 g/mol. The fraction of sp³-hybridized carbons (Fsp3) is 0.0952. The molecule has 0 aliphatic heterocycles. The number of carbonyl (C=O) groups is 2. The number of hydrogen-bond donors (Lipinski definition) is 2. The number of rotatable bonds is 7. The standard InChI is InChI=1S/C21H17N3O4/c22-11-15-3-1-4-16(9-15)13-28-19-6-2-5-18(10-19)24-20(25)12-23-21(26)17-7-8-27-14-17/h1-10,14H,12-13H2,(H,23,26)(H,24,25). The molecule has 1 heterocycles. The summed E-state index contributed by atoms with van der Waals surface area (Å²) in [6, 6.07) is 17.7. The number of anilines is 1. The number of nitriles is 1. The molecular formula is C21H17N3O4. The third-order valence-corrected chi connectivity index (χ3v) is 3.77. The number of nitrogens with one attached hydrogen (secondary N) is 2. The van der Waals surface area contributed by atoms with Crippen molar-refractivity contribution in [1.82, 2.24) is 5.32 Å². The van der Waals surface area contributed by atoms with Crippen molar-refractivity contribution in [1.29, 1.82) is 5.26 Å². The van der Waals surface area contributed by atoms with Gasteiger partial charge < -0.3 is 19.8 Å². The minimum atomic E-state index is -0.388.